The molecule has 0 aromatic heterocycles. The van der Waals surface area contributed by atoms with Crippen molar-refractivity contribution in [3.63, 3.8) is 0 Å². The molecule has 0 aromatic carbocycles. The summed E-state index contributed by atoms with van der Waals surface area (Å²) in [6.07, 6.45) is 5.95. The van der Waals surface area contributed by atoms with Crippen molar-refractivity contribution in [3.8, 4) is 0 Å². The van der Waals surface area contributed by atoms with E-state index in [1.807, 2.05) is 7.11 Å². The fraction of sp³-hybridized carbons (Fsp3) is 1.00. The van der Waals surface area contributed by atoms with Crippen LogP contribution in [0.1, 0.15) is 58.8 Å². The molecule has 4 aliphatic heterocycles. The molecule has 0 amide bonds. The van der Waals surface area contributed by atoms with Gasteiger partial charge in [0.05, 0.1) is 37.8 Å². The summed E-state index contributed by atoms with van der Waals surface area (Å²) in [5.41, 5.74) is 6.44. The van der Waals surface area contributed by atoms with Crippen molar-refractivity contribution >= 4 is 0 Å². The van der Waals surface area contributed by atoms with E-state index in [4.69, 9.17) is 15.2 Å². The number of aliphatic hydroxyl groups excluding tert-OH is 2. The molecule has 9 N–H and O–H groups in total. The number of nitrogens with two attached hydrogens (primary N) is 1. The van der Waals surface area contributed by atoms with Crippen molar-refractivity contribution in [2.24, 2.45) is 23.0 Å². The molecular formula is C29H56N8O4. The molecule has 6 rings (SSSR count). The molecule has 2 aliphatic carbocycles. The predicted molar refractivity (Wildman–Crippen MR) is 156 cm³/mol. The number of nitrogens with zero attached hydrogens (tertiary/aromatic N) is 2. The van der Waals surface area contributed by atoms with Gasteiger partial charge in [-0.2, -0.15) is 0 Å². The van der Waals surface area contributed by atoms with E-state index in [9.17, 15) is 10.2 Å². The molecule has 0 bridgehead atoms. The largest absolute Gasteiger partial charge is 0.387 e. The van der Waals surface area contributed by atoms with E-state index in [2.05, 4.69) is 57.3 Å². The Kier molecular flexibility index (Phi) is 9.30. The lowest BCUT2D eigenvalue weighted by atomic mass is 9.69. The number of hydrogen-bond acceptors (Lipinski definition) is 12. The van der Waals surface area contributed by atoms with Gasteiger partial charge in [-0.3, -0.25) is 26.6 Å². The lowest BCUT2D eigenvalue weighted by molar-refractivity contribution is -0.108. The number of fused-ring (bicyclic) bond motifs is 2. The maximum Gasteiger partial charge on any atom is 0.142 e. The van der Waals surface area contributed by atoms with Crippen LogP contribution < -0.4 is 32.3 Å². The van der Waals surface area contributed by atoms with Gasteiger partial charge in [0, 0.05) is 38.4 Å². The van der Waals surface area contributed by atoms with Crippen molar-refractivity contribution in [2.75, 3.05) is 40.6 Å². The third kappa shape index (κ3) is 6.23. The van der Waals surface area contributed by atoms with E-state index in [0.717, 1.165) is 12.5 Å². The van der Waals surface area contributed by atoms with Gasteiger partial charge in [0.25, 0.3) is 0 Å². The third-order valence-electron chi connectivity index (χ3n) is 11.4. The summed E-state index contributed by atoms with van der Waals surface area (Å²) in [6, 6.07) is 1.71. The zero-order valence-electron chi connectivity index (χ0n) is 25.5. The highest BCUT2D eigenvalue weighted by atomic mass is 16.6. The lowest BCUT2D eigenvalue weighted by Crippen LogP contribution is -2.68. The highest BCUT2D eigenvalue weighted by Gasteiger charge is 2.52. The quantitative estimate of drug-likeness (QED) is 0.154. The summed E-state index contributed by atoms with van der Waals surface area (Å²) in [5.74, 6) is 1.46. The number of rotatable bonds is 10. The van der Waals surface area contributed by atoms with Gasteiger partial charge in [-0.25, -0.2) is 4.90 Å². The number of ether oxygens (including phenoxy) is 2. The van der Waals surface area contributed by atoms with E-state index >= 15 is 0 Å². The number of nitrogens with one attached hydrogen (secondary N) is 5. The van der Waals surface area contributed by atoms with Gasteiger partial charge >= 0.3 is 0 Å². The van der Waals surface area contributed by atoms with Crippen LogP contribution in [0.2, 0.25) is 0 Å². The molecular weight excluding hydrogens is 524 g/mol. The third-order valence-corrected chi connectivity index (χ3v) is 11.4. The molecule has 4 heterocycles. The Morgan fingerprint density at radius 3 is 2.59 bits per heavy atom. The summed E-state index contributed by atoms with van der Waals surface area (Å²) >= 11 is 0. The first-order valence-corrected chi connectivity index (χ1v) is 16.1. The Morgan fingerprint density at radius 2 is 1.80 bits per heavy atom. The Hall–Kier alpha value is -0.480. The number of likely N-dealkylation sites (N-methyl/N-ethyl adjacent to an activating group) is 1. The standard InChI is InChI=1S/C29H56N8O4/c1-29(2,13-40-4)17-6-7-19-20(11-17)35-22(34-19)8-5-16-9-18(10-16)36(3)12-21-24(38)25(39)28(41-21)37-15-33-23-26(30)31-14-32-27(23)37/h16-28,31-35,38-39H,5-15,30H2,1-4H3/t16?,17?,18?,19?,20?,21-,22?,23?,24-,25-,26?,27?,28-/m1/s1. The van der Waals surface area contributed by atoms with Crippen LogP contribution in [0.3, 0.4) is 0 Å². The van der Waals surface area contributed by atoms with Gasteiger partial charge in [-0.15, -0.1) is 0 Å². The second-order valence-corrected chi connectivity index (χ2v) is 14.5. The minimum Gasteiger partial charge on any atom is -0.387 e. The molecule has 7 unspecified atom stereocenters. The molecule has 6 fully saturated rings. The average Bonchev–Trinajstić information content (AvgIpc) is 3.60. The second kappa shape index (κ2) is 12.5. The first kappa shape index (κ1) is 30.5. The van der Waals surface area contributed by atoms with Crippen molar-refractivity contribution in [2.45, 2.75) is 126 Å². The van der Waals surface area contributed by atoms with E-state index in [-0.39, 0.29) is 23.8 Å². The monoisotopic (exact) mass is 580 g/mol. The van der Waals surface area contributed by atoms with E-state index < -0.39 is 24.5 Å². The number of methoxy groups -OCH3 is 1. The Morgan fingerprint density at radius 1 is 1.02 bits per heavy atom. The summed E-state index contributed by atoms with van der Waals surface area (Å²) in [7, 11) is 3.95. The normalized spacial score (nSPS) is 47.0. The van der Waals surface area contributed by atoms with Crippen LogP contribution in [-0.4, -0.2) is 128 Å². The summed E-state index contributed by atoms with van der Waals surface area (Å²) in [6.45, 7) is 7.31. The van der Waals surface area contributed by atoms with Crippen LogP contribution >= 0.6 is 0 Å². The molecule has 11 atom stereocenters. The van der Waals surface area contributed by atoms with Gasteiger partial charge < -0.3 is 30.3 Å². The number of hydrogen-bond donors (Lipinski definition) is 8. The van der Waals surface area contributed by atoms with Crippen LogP contribution in [0.5, 0.6) is 0 Å². The van der Waals surface area contributed by atoms with Gasteiger partial charge in [-0.05, 0) is 69.2 Å². The van der Waals surface area contributed by atoms with Crippen molar-refractivity contribution in [3.05, 3.63) is 0 Å². The highest BCUT2D eigenvalue weighted by Crippen LogP contribution is 2.41. The molecule has 2 saturated carbocycles. The minimum atomic E-state index is -0.951. The van der Waals surface area contributed by atoms with Crippen molar-refractivity contribution < 1.29 is 19.7 Å². The lowest BCUT2D eigenvalue weighted by Gasteiger charge is -2.42. The molecule has 0 aromatic rings. The highest BCUT2D eigenvalue weighted by molar-refractivity contribution is 5.03. The van der Waals surface area contributed by atoms with Crippen LogP contribution in [0, 0.1) is 17.3 Å². The summed E-state index contributed by atoms with van der Waals surface area (Å²) in [5, 5.41) is 39.6. The maximum atomic E-state index is 10.9. The second-order valence-electron chi connectivity index (χ2n) is 14.5. The van der Waals surface area contributed by atoms with Gasteiger partial charge in [0.15, 0.2) is 0 Å². The first-order valence-electron chi connectivity index (χ1n) is 16.1. The van der Waals surface area contributed by atoms with E-state index in [1.165, 1.54) is 44.9 Å². The van der Waals surface area contributed by atoms with Crippen LogP contribution in [0.4, 0.5) is 0 Å². The van der Waals surface area contributed by atoms with Crippen LogP contribution in [0.15, 0.2) is 0 Å². The zero-order chi connectivity index (χ0) is 28.9. The van der Waals surface area contributed by atoms with Gasteiger partial charge in [-0.1, -0.05) is 13.8 Å². The topological polar surface area (TPSA) is 152 Å². The fourth-order valence-corrected chi connectivity index (χ4v) is 8.62. The zero-order valence-corrected chi connectivity index (χ0v) is 25.5. The van der Waals surface area contributed by atoms with Crippen LogP contribution in [-0.2, 0) is 9.47 Å². The Balaban J connectivity index is 0.912. The fourth-order valence-electron chi connectivity index (χ4n) is 8.62. The number of aliphatic hydroxyl groups is 2. The summed E-state index contributed by atoms with van der Waals surface area (Å²) in [4.78, 5) is 4.38. The first-order chi connectivity index (χ1) is 19.6. The van der Waals surface area contributed by atoms with E-state index in [1.54, 1.807) is 0 Å². The smallest absolute Gasteiger partial charge is 0.142 e. The molecule has 0 spiro atoms. The van der Waals surface area contributed by atoms with Crippen LogP contribution in [0.25, 0.3) is 0 Å². The summed E-state index contributed by atoms with van der Waals surface area (Å²) < 4.78 is 11.8. The minimum absolute atomic E-state index is 0.0222. The molecule has 0 radical (unpaired) electrons. The van der Waals surface area contributed by atoms with Crippen molar-refractivity contribution in [1.82, 2.24) is 36.4 Å². The maximum absolute atomic E-state index is 10.9. The SMILES string of the molecule is COCC(C)(C)C1CCC2NC(CCC3CC(N(C)C[C@H]4O[C@@H](N5CNC6C(N)NCNC65)[C@H](O)[C@@H]4O)C3)NC2C1. The molecule has 4 saturated heterocycles. The van der Waals surface area contributed by atoms with E-state index in [0.29, 0.717) is 50.1 Å². The predicted octanol–water partition coefficient (Wildman–Crippen LogP) is -1.35. The van der Waals surface area contributed by atoms with Gasteiger partial charge in [0.1, 0.15) is 24.5 Å². The molecule has 12 nitrogen and oxygen atoms in total. The average molecular weight is 581 g/mol. The van der Waals surface area contributed by atoms with Crippen molar-refractivity contribution in [1.29, 1.82) is 0 Å². The van der Waals surface area contributed by atoms with Gasteiger partial charge in [0.2, 0.25) is 0 Å². The molecule has 6 aliphatic rings. The Bertz CT molecular complexity index is 880. The molecule has 41 heavy (non-hydrogen) atoms. The molecule has 12 heteroatoms. The molecule has 236 valence electrons. The Labute approximate surface area is 245 Å².